The number of rotatable bonds is 4. The minimum Gasteiger partial charge on any atom is -0.455 e. The quantitative estimate of drug-likeness (QED) is 0.188. The molecule has 8 aromatic carbocycles. The first kappa shape index (κ1) is 28.7. The fourth-order valence-corrected chi connectivity index (χ4v) is 7.79. The third-order valence-electron chi connectivity index (χ3n) is 10.2. The Morgan fingerprint density at radius 1 is 0.404 bits per heavy atom. The average molecular weight is 665 g/mol. The lowest BCUT2D eigenvalue weighted by molar-refractivity contribution is 0.669. The molecule has 0 saturated carbocycles. The number of hydrogen-bond donors (Lipinski definition) is 0. The number of fused-ring (bicyclic) bond motifs is 9. The summed E-state index contributed by atoms with van der Waals surface area (Å²) in [5.41, 5.74) is 7.46. The second kappa shape index (κ2) is 11.2. The molecule has 5 nitrogen and oxygen atoms in total. The van der Waals surface area contributed by atoms with Gasteiger partial charge in [-0.15, -0.1) is 0 Å². The van der Waals surface area contributed by atoms with Gasteiger partial charge in [-0.1, -0.05) is 133 Å². The molecule has 3 aromatic heterocycles. The second-order valence-corrected chi connectivity index (χ2v) is 13.2. The third kappa shape index (κ3) is 4.39. The maximum absolute atomic E-state index is 6.83. The van der Waals surface area contributed by atoms with Crippen molar-refractivity contribution in [3.63, 3.8) is 0 Å². The summed E-state index contributed by atoms with van der Waals surface area (Å²) in [5.74, 6) is 1.76. The Labute approximate surface area is 298 Å². The molecule has 0 aliphatic heterocycles. The molecule has 0 bridgehead atoms. The lowest BCUT2D eigenvalue weighted by Crippen LogP contribution is -2.01. The average Bonchev–Trinajstić information content (AvgIpc) is 3.75. The fourth-order valence-electron chi connectivity index (χ4n) is 7.79. The van der Waals surface area contributed by atoms with Crippen molar-refractivity contribution in [2.45, 2.75) is 0 Å². The van der Waals surface area contributed by atoms with E-state index in [1.165, 1.54) is 21.5 Å². The Bertz CT molecular complexity index is 3120. The summed E-state index contributed by atoms with van der Waals surface area (Å²) in [6, 6.07) is 59.2. The molecule has 3 heterocycles. The Morgan fingerprint density at radius 2 is 1.00 bits per heavy atom. The van der Waals surface area contributed by atoms with Crippen molar-refractivity contribution >= 4 is 65.3 Å². The normalized spacial score (nSPS) is 11.8. The highest BCUT2D eigenvalue weighted by molar-refractivity contribution is 6.21. The van der Waals surface area contributed by atoms with Gasteiger partial charge < -0.3 is 8.98 Å². The molecule has 0 N–H and O–H groups in total. The molecule has 5 heteroatoms. The van der Waals surface area contributed by atoms with Gasteiger partial charge in [-0.2, -0.15) is 0 Å². The number of hydrogen-bond acceptors (Lipinski definition) is 4. The van der Waals surface area contributed by atoms with Gasteiger partial charge in [-0.25, -0.2) is 15.0 Å². The van der Waals surface area contributed by atoms with E-state index >= 15 is 0 Å². The van der Waals surface area contributed by atoms with Crippen molar-refractivity contribution in [3.05, 3.63) is 170 Å². The predicted molar refractivity (Wildman–Crippen MR) is 213 cm³/mol. The number of para-hydroxylation sites is 1. The van der Waals surface area contributed by atoms with E-state index in [1.54, 1.807) is 0 Å². The lowest BCUT2D eigenvalue weighted by Gasteiger charge is -2.13. The van der Waals surface area contributed by atoms with E-state index in [0.717, 1.165) is 66.1 Å². The van der Waals surface area contributed by atoms with Crippen molar-refractivity contribution in [2.75, 3.05) is 0 Å². The first-order chi connectivity index (χ1) is 25.8. The minimum absolute atomic E-state index is 0.550. The molecule has 0 unspecified atom stereocenters. The van der Waals surface area contributed by atoms with E-state index < -0.39 is 0 Å². The van der Waals surface area contributed by atoms with Crippen molar-refractivity contribution in [1.29, 1.82) is 0 Å². The van der Waals surface area contributed by atoms with Crippen LogP contribution in [0.25, 0.3) is 105 Å². The van der Waals surface area contributed by atoms with Crippen LogP contribution < -0.4 is 0 Å². The molecule has 0 aliphatic carbocycles. The zero-order chi connectivity index (χ0) is 34.2. The zero-order valence-electron chi connectivity index (χ0n) is 27.9. The molecule has 0 fully saturated rings. The van der Waals surface area contributed by atoms with Gasteiger partial charge >= 0.3 is 0 Å². The lowest BCUT2D eigenvalue weighted by atomic mass is 10.0. The summed E-state index contributed by atoms with van der Waals surface area (Å²) in [7, 11) is 0. The highest BCUT2D eigenvalue weighted by Gasteiger charge is 2.22. The van der Waals surface area contributed by atoms with Crippen LogP contribution in [-0.2, 0) is 0 Å². The van der Waals surface area contributed by atoms with Crippen LogP contribution in [0.1, 0.15) is 0 Å². The van der Waals surface area contributed by atoms with E-state index in [2.05, 4.69) is 114 Å². The molecule has 0 radical (unpaired) electrons. The number of aromatic nitrogens is 4. The Kier molecular flexibility index (Phi) is 6.18. The Balaban J connectivity index is 1.29. The molecule has 52 heavy (non-hydrogen) atoms. The Morgan fingerprint density at radius 3 is 1.73 bits per heavy atom. The minimum atomic E-state index is 0.550. The summed E-state index contributed by atoms with van der Waals surface area (Å²) in [6.07, 6.45) is 0. The molecular formula is C47H28N4O. The maximum Gasteiger partial charge on any atom is 0.167 e. The molecule has 242 valence electrons. The van der Waals surface area contributed by atoms with Crippen molar-refractivity contribution in [3.8, 4) is 39.9 Å². The van der Waals surface area contributed by atoms with Gasteiger partial charge in [0.2, 0.25) is 0 Å². The van der Waals surface area contributed by atoms with Crippen LogP contribution >= 0.6 is 0 Å². The van der Waals surface area contributed by atoms with E-state index in [1.807, 2.05) is 60.7 Å². The van der Waals surface area contributed by atoms with Crippen molar-refractivity contribution in [2.24, 2.45) is 0 Å². The highest BCUT2D eigenvalue weighted by atomic mass is 16.3. The number of nitrogens with zero attached hydrogens (tertiary/aromatic N) is 4. The standard InChI is InChI=1S/C47H28N4O/c1-3-14-30(15-4-1)45-48-46(31-16-5-2-6-17-31)50-47(49-45)39-28-34(27-38-43-35-20-10-9-13-29(35)23-24-42(43)52-44(38)39)51-40-22-12-11-21-36(40)37-25-32-18-7-8-19-33(32)26-41(37)51/h1-28H. The van der Waals surface area contributed by atoms with Gasteiger partial charge in [0.05, 0.1) is 16.6 Å². The largest absolute Gasteiger partial charge is 0.455 e. The molecular weight excluding hydrogens is 637 g/mol. The van der Waals surface area contributed by atoms with Gasteiger partial charge in [0.25, 0.3) is 0 Å². The summed E-state index contributed by atoms with van der Waals surface area (Å²) in [4.78, 5) is 15.3. The van der Waals surface area contributed by atoms with Crippen LogP contribution in [0.5, 0.6) is 0 Å². The molecule has 0 saturated heterocycles. The van der Waals surface area contributed by atoms with Crippen LogP contribution in [0.4, 0.5) is 0 Å². The monoisotopic (exact) mass is 664 g/mol. The summed E-state index contributed by atoms with van der Waals surface area (Å²) < 4.78 is 9.21. The van der Waals surface area contributed by atoms with Crippen molar-refractivity contribution < 1.29 is 4.42 Å². The van der Waals surface area contributed by atoms with Gasteiger partial charge in [0, 0.05) is 38.4 Å². The zero-order valence-corrected chi connectivity index (χ0v) is 27.9. The van der Waals surface area contributed by atoms with E-state index in [0.29, 0.717) is 17.5 Å². The second-order valence-electron chi connectivity index (χ2n) is 13.2. The van der Waals surface area contributed by atoms with E-state index in [4.69, 9.17) is 19.4 Å². The summed E-state index contributed by atoms with van der Waals surface area (Å²) in [5, 5.41) is 9.19. The number of furan rings is 1. The summed E-state index contributed by atoms with van der Waals surface area (Å²) >= 11 is 0. The van der Waals surface area contributed by atoms with Gasteiger partial charge in [-0.05, 0) is 57.9 Å². The fraction of sp³-hybridized carbons (Fsp3) is 0. The van der Waals surface area contributed by atoms with Crippen LogP contribution in [0, 0.1) is 0 Å². The molecule has 11 rings (SSSR count). The van der Waals surface area contributed by atoms with Gasteiger partial charge in [-0.3, -0.25) is 0 Å². The molecule has 0 atom stereocenters. The van der Waals surface area contributed by atoms with E-state index in [9.17, 15) is 0 Å². The first-order valence-electron chi connectivity index (χ1n) is 17.4. The van der Waals surface area contributed by atoms with Gasteiger partial charge in [0.15, 0.2) is 17.5 Å². The van der Waals surface area contributed by atoms with Crippen molar-refractivity contribution in [1.82, 2.24) is 19.5 Å². The Hall–Kier alpha value is -7.11. The highest BCUT2D eigenvalue weighted by Crippen LogP contribution is 2.43. The number of benzene rings is 8. The SMILES string of the molecule is c1ccc(-c2nc(-c3ccccc3)nc(-c3cc(-n4c5ccccc5c5cc6ccccc6cc54)cc4c3oc3ccc5ccccc5c34)n2)cc1. The molecule has 11 aromatic rings. The predicted octanol–water partition coefficient (Wildman–Crippen LogP) is 12.2. The smallest absolute Gasteiger partial charge is 0.167 e. The third-order valence-corrected chi connectivity index (χ3v) is 10.2. The summed E-state index contributed by atoms with van der Waals surface area (Å²) in [6.45, 7) is 0. The van der Waals surface area contributed by atoms with Crippen LogP contribution in [0.15, 0.2) is 174 Å². The molecule has 0 spiro atoms. The first-order valence-corrected chi connectivity index (χ1v) is 17.4. The van der Waals surface area contributed by atoms with Crippen LogP contribution in [0.3, 0.4) is 0 Å². The van der Waals surface area contributed by atoms with E-state index in [-0.39, 0.29) is 0 Å². The topological polar surface area (TPSA) is 56.7 Å². The molecule has 0 aliphatic rings. The maximum atomic E-state index is 6.83. The van der Waals surface area contributed by atoms with Gasteiger partial charge in [0.1, 0.15) is 11.2 Å². The van der Waals surface area contributed by atoms with Crippen LogP contribution in [0.2, 0.25) is 0 Å². The molecule has 0 amide bonds. The van der Waals surface area contributed by atoms with Crippen LogP contribution in [-0.4, -0.2) is 19.5 Å².